The highest BCUT2D eigenvalue weighted by Gasteiger charge is 2.17. The second kappa shape index (κ2) is 12.9. The number of furan rings is 1. The molecule has 2 aromatic heterocycles. The maximum absolute atomic E-state index is 6.12. The second-order valence-electron chi connectivity index (χ2n) is 14.1. The molecule has 258 valence electrons. The van der Waals surface area contributed by atoms with Gasteiger partial charge in [-0.3, -0.25) is 0 Å². The molecule has 9 aromatic carbocycles. The van der Waals surface area contributed by atoms with E-state index in [1.807, 2.05) is 23.5 Å². The summed E-state index contributed by atoms with van der Waals surface area (Å²) in [4.78, 5) is 2.39. The lowest BCUT2D eigenvalue weighted by molar-refractivity contribution is 0.669. The van der Waals surface area contributed by atoms with Gasteiger partial charge in [-0.25, -0.2) is 0 Å². The molecule has 0 aliphatic heterocycles. The van der Waals surface area contributed by atoms with Crippen molar-refractivity contribution in [2.24, 2.45) is 0 Å². The molecule has 0 saturated heterocycles. The van der Waals surface area contributed by atoms with Crippen molar-refractivity contribution in [2.45, 2.75) is 0 Å². The molecule has 2 heterocycles. The molecular formula is C52H33NOS. The summed E-state index contributed by atoms with van der Waals surface area (Å²) in [5, 5.41) is 7.36. The Bertz CT molecular complexity index is 3220. The minimum absolute atomic E-state index is 0.909. The van der Waals surface area contributed by atoms with Gasteiger partial charge in [0.1, 0.15) is 11.2 Å². The third kappa shape index (κ3) is 5.48. The van der Waals surface area contributed by atoms with E-state index in [-0.39, 0.29) is 0 Å². The highest BCUT2D eigenvalue weighted by atomic mass is 32.1. The second-order valence-corrected chi connectivity index (χ2v) is 15.2. The Labute approximate surface area is 322 Å². The Morgan fingerprint density at radius 2 is 0.945 bits per heavy atom. The molecule has 3 heteroatoms. The number of benzene rings is 9. The van der Waals surface area contributed by atoms with Gasteiger partial charge in [0.15, 0.2) is 0 Å². The van der Waals surface area contributed by atoms with E-state index in [1.54, 1.807) is 0 Å². The summed E-state index contributed by atoms with van der Waals surface area (Å²) >= 11 is 1.85. The summed E-state index contributed by atoms with van der Waals surface area (Å²) < 4.78 is 8.72. The molecule has 0 fully saturated rings. The molecule has 0 unspecified atom stereocenters. The lowest BCUT2D eigenvalue weighted by Crippen LogP contribution is -2.10. The highest BCUT2D eigenvalue weighted by Crippen LogP contribution is 2.42. The Morgan fingerprint density at radius 1 is 0.327 bits per heavy atom. The topological polar surface area (TPSA) is 16.4 Å². The average molecular weight is 720 g/mol. The highest BCUT2D eigenvalue weighted by molar-refractivity contribution is 7.25. The summed E-state index contributed by atoms with van der Waals surface area (Å²) in [5.41, 5.74) is 12.3. The molecule has 0 N–H and O–H groups in total. The number of fused-ring (bicyclic) bond motifs is 7. The van der Waals surface area contributed by atoms with Crippen LogP contribution in [0.2, 0.25) is 0 Å². The van der Waals surface area contributed by atoms with Crippen molar-refractivity contribution in [3.05, 3.63) is 200 Å². The van der Waals surface area contributed by atoms with E-state index < -0.39 is 0 Å². The SMILES string of the molecule is c1cc(-c2cccc(N(c3ccc(-c4ccc5oc6ccccc6c5c4)cc3)c3ccc4sc5ccccc5c4c3)c2)cc(-c2cccc3ccccc23)c1. The molecule has 0 amide bonds. The van der Waals surface area contributed by atoms with E-state index in [4.69, 9.17) is 4.42 Å². The van der Waals surface area contributed by atoms with E-state index in [9.17, 15) is 0 Å². The summed E-state index contributed by atoms with van der Waals surface area (Å²) in [7, 11) is 0. The minimum atomic E-state index is 0.909. The molecule has 0 bridgehead atoms. The molecule has 0 aliphatic carbocycles. The van der Waals surface area contributed by atoms with Crippen molar-refractivity contribution in [3.63, 3.8) is 0 Å². The molecule has 11 rings (SSSR count). The third-order valence-electron chi connectivity index (χ3n) is 10.9. The summed E-state index contributed by atoms with van der Waals surface area (Å²) in [6.45, 7) is 0. The van der Waals surface area contributed by atoms with Crippen LogP contribution in [-0.2, 0) is 0 Å². The third-order valence-corrected chi connectivity index (χ3v) is 12.0. The summed E-state index contributed by atoms with van der Waals surface area (Å²) in [5.74, 6) is 0. The van der Waals surface area contributed by atoms with Crippen molar-refractivity contribution >= 4 is 81.3 Å². The first-order valence-electron chi connectivity index (χ1n) is 18.7. The quantitative estimate of drug-likeness (QED) is 0.170. The molecule has 0 atom stereocenters. The van der Waals surface area contributed by atoms with Crippen LogP contribution < -0.4 is 4.90 Å². The zero-order chi connectivity index (χ0) is 36.3. The Morgan fingerprint density at radius 3 is 1.85 bits per heavy atom. The van der Waals surface area contributed by atoms with Gasteiger partial charge in [0.2, 0.25) is 0 Å². The largest absolute Gasteiger partial charge is 0.456 e. The van der Waals surface area contributed by atoms with Gasteiger partial charge in [-0.05, 0) is 117 Å². The van der Waals surface area contributed by atoms with Crippen LogP contribution in [0, 0.1) is 0 Å². The zero-order valence-corrected chi connectivity index (χ0v) is 30.6. The number of hydrogen-bond acceptors (Lipinski definition) is 3. The first kappa shape index (κ1) is 31.6. The molecule has 0 radical (unpaired) electrons. The Balaban J connectivity index is 1.03. The maximum Gasteiger partial charge on any atom is 0.135 e. The molecule has 0 spiro atoms. The number of rotatable bonds is 6. The average Bonchev–Trinajstić information content (AvgIpc) is 3.82. The van der Waals surface area contributed by atoms with Crippen LogP contribution in [0.25, 0.3) is 86.3 Å². The fourth-order valence-electron chi connectivity index (χ4n) is 8.18. The fourth-order valence-corrected chi connectivity index (χ4v) is 9.26. The van der Waals surface area contributed by atoms with Crippen molar-refractivity contribution < 1.29 is 4.42 Å². The van der Waals surface area contributed by atoms with Gasteiger partial charge in [-0.1, -0.05) is 127 Å². The van der Waals surface area contributed by atoms with Crippen molar-refractivity contribution in [2.75, 3.05) is 4.90 Å². The van der Waals surface area contributed by atoms with E-state index in [0.29, 0.717) is 0 Å². The maximum atomic E-state index is 6.12. The molecular weight excluding hydrogens is 687 g/mol. The fraction of sp³-hybridized carbons (Fsp3) is 0. The lowest BCUT2D eigenvalue weighted by Gasteiger charge is -2.26. The van der Waals surface area contributed by atoms with E-state index in [0.717, 1.165) is 50.1 Å². The van der Waals surface area contributed by atoms with Crippen LogP contribution in [0.1, 0.15) is 0 Å². The number of hydrogen-bond donors (Lipinski definition) is 0. The number of para-hydroxylation sites is 1. The Hall–Kier alpha value is -6.94. The first-order chi connectivity index (χ1) is 27.2. The van der Waals surface area contributed by atoms with Crippen LogP contribution in [-0.4, -0.2) is 0 Å². The lowest BCUT2D eigenvalue weighted by atomic mass is 9.95. The molecule has 2 nitrogen and oxygen atoms in total. The van der Waals surface area contributed by atoms with Gasteiger partial charge in [0.25, 0.3) is 0 Å². The van der Waals surface area contributed by atoms with E-state index >= 15 is 0 Å². The van der Waals surface area contributed by atoms with Crippen molar-refractivity contribution in [1.29, 1.82) is 0 Å². The van der Waals surface area contributed by atoms with Gasteiger partial charge in [0.05, 0.1) is 0 Å². The predicted octanol–water partition coefficient (Wildman–Crippen LogP) is 15.6. The molecule has 0 saturated carbocycles. The smallest absolute Gasteiger partial charge is 0.135 e. The standard InChI is InChI=1S/C52H33NOS/c1-2-16-43-35(10-1)11-9-19-44(43)39-14-7-12-36(30-39)37-13-8-15-41(31-37)53(42-27-29-52-48(33-42)46-18-4-6-21-51(46)55-52)40-25-22-34(23-26-40)38-24-28-50-47(32-38)45-17-3-5-20-49(45)54-50/h1-33H. The van der Waals surface area contributed by atoms with Crippen molar-refractivity contribution in [3.8, 4) is 33.4 Å². The van der Waals surface area contributed by atoms with Gasteiger partial charge in [0, 0.05) is 48.0 Å². The number of anilines is 3. The van der Waals surface area contributed by atoms with Crippen molar-refractivity contribution in [1.82, 2.24) is 0 Å². The van der Waals surface area contributed by atoms with Crippen LogP contribution in [0.3, 0.4) is 0 Å². The number of nitrogens with zero attached hydrogens (tertiary/aromatic N) is 1. The van der Waals surface area contributed by atoms with Crippen LogP contribution in [0.4, 0.5) is 17.1 Å². The van der Waals surface area contributed by atoms with Gasteiger partial charge in [-0.2, -0.15) is 0 Å². The predicted molar refractivity (Wildman–Crippen MR) is 235 cm³/mol. The monoisotopic (exact) mass is 719 g/mol. The number of thiophene rings is 1. The van der Waals surface area contributed by atoms with Crippen LogP contribution in [0.15, 0.2) is 205 Å². The van der Waals surface area contributed by atoms with E-state index in [1.165, 1.54) is 53.2 Å². The van der Waals surface area contributed by atoms with Gasteiger partial charge in [-0.15, -0.1) is 11.3 Å². The van der Waals surface area contributed by atoms with Gasteiger partial charge >= 0.3 is 0 Å². The van der Waals surface area contributed by atoms with E-state index in [2.05, 4.69) is 193 Å². The van der Waals surface area contributed by atoms with Crippen LogP contribution >= 0.6 is 11.3 Å². The molecule has 0 aliphatic rings. The normalized spacial score (nSPS) is 11.6. The summed E-state index contributed by atoms with van der Waals surface area (Å²) in [6, 6.07) is 72.4. The van der Waals surface area contributed by atoms with Crippen LogP contribution in [0.5, 0.6) is 0 Å². The Kier molecular flexibility index (Phi) is 7.39. The first-order valence-corrected chi connectivity index (χ1v) is 19.5. The van der Waals surface area contributed by atoms with Gasteiger partial charge < -0.3 is 9.32 Å². The molecule has 55 heavy (non-hydrogen) atoms. The minimum Gasteiger partial charge on any atom is -0.456 e. The molecule has 11 aromatic rings. The zero-order valence-electron chi connectivity index (χ0n) is 29.8. The summed E-state index contributed by atoms with van der Waals surface area (Å²) in [6.07, 6.45) is 0.